The molecule has 0 saturated heterocycles. The molecule has 5 heteroatoms. The first-order valence-electron chi connectivity index (χ1n) is 5.25. The number of carbonyl (C=O) groups excluding carboxylic acids is 1. The van der Waals surface area contributed by atoms with Gasteiger partial charge in [0.25, 0.3) is 5.91 Å². The van der Waals surface area contributed by atoms with Crippen molar-refractivity contribution in [3.05, 3.63) is 45.6 Å². The SMILES string of the molecule is Cc1cscc1C(=O)Nc1ccc(N)cc1C#N. The minimum atomic E-state index is -0.213. The number of nitriles is 1. The van der Waals surface area contributed by atoms with Gasteiger partial charge in [-0.05, 0) is 36.1 Å². The average molecular weight is 257 g/mol. The minimum Gasteiger partial charge on any atom is -0.399 e. The molecular formula is C13H11N3OS. The zero-order chi connectivity index (χ0) is 13.1. The Morgan fingerprint density at radius 3 is 2.83 bits per heavy atom. The molecule has 4 nitrogen and oxygen atoms in total. The van der Waals surface area contributed by atoms with Crippen LogP contribution in [0.1, 0.15) is 21.5 Å². The minimum absolute atomic E-state index is 0.213. The summed E-state index contributed by atoms with van der Waals surface area (Å²) in [5.41, 5.74) is 8.47. The van der Waals surface area contributed by atoms with Gasteiger partial charge in [-0.1, -0.05) is 0 Å². The lowest BCUT2D eigenvalue weighted by Crippen LogP contribution is -2.13. The van der Waals surface area contributed by atoms with Gasteiger partial charge in [0.2, 0.25) is 0 Å². The summed E-state index contributed by atoms with van der Waals surface area (Å²) in [6, 6.07) is 6.83. The Kier molecular flexibility index (Phi) is 3.31. The Morgan fingerprint density at radius 2 is 2.22 bits per heavy atom. The molecule has 1 aromatic carbocycles. The van der Waals surface area contributed by atoms with Crippen molar-refractivity contribution < 1.29 is 4.79 Å². The maximum Gasteiger partial charge on any atom is 0.256 e. The van der Waals surface area contributed by atoms with E-state index < -0.39 is 0 Å². The van der Waals surface area contributed by atoms with Crippen molar-refractivity contribution in [2.45, 2.75) is 6.92 Å². The Balaban J connectivity index is 2.28. The predicted octanol–water partition coefficient (Wildman–Crippen LogP) is 2.76. The number of nitrogen functional groups attached to an aromatic ring is 1. The van der Waals surface area contributed by atoms with Gasteiger partial charge in [0.05, 0.1) is 16.8 Å². The fourth-order valence-electron chi connectivity index (χ4n) is 1.55. The molecule has 2 aromatic rings. The second-order valence-electron chi connectivity index (χ2n) is 3.84. The standard InChI is InChI=1S/C13H11N3OS/c1-8-6-18-7-11(8)13(17)16-12-3-2-10(15)4-9(12)5-14/h2-4,6-7H,15H2,1H3,(H,16,17). The number of hydrogen-bond acceptors (Lipinski definition) is 4. The van der Waals surface area contributed by atoms with Crippen molar-refractivity contribution in [3.8, 4) is 6.07 Å². The lowest BCUT2D eigenvalue weighted by Gasteiger charge is -2.07. The van der Waals surface area contributed by atoms with E-state index in [1.165, 1.54) is 17.4 Å². The molecule has 18 heavy (non-hydrogen) atoms. The van der Waals surface area contributed by atoms with E-state index in [1.807, 2.05) is 18.4 Å². The normalized spacial score (nSPS) is 9.78. The molecule has 0 aliphatic rings. The third-order valence-corrected chi connectivity index (χ3v) is 3.37. The van der Waals surface area contributed by atoms with E-state index >= 15 is 0 Å². The Bertz CT molecular complexity index is 640. The lowest BCUT2D eigenvalue weighted by atomic mass is 10.1. The van der Waals surface area contributed by atoms with Gasteiger partial charge >= 0.3 is 0 Å². The van der Waals surface area contributed by atoms with Crippen LogP contribution in [0.25, 0.3) is 0 Å². The highest BCUT2D eigenvalue weighted by Gasteiger charge is 2.12. The van der Waals surface area contributed by atoms with E-state index in [1.54, 1.807) is 17.5 Å². The summed E-state index contributed by atoms with van der Waals surface area (Å²) in [5, 5.41) is 15.4. The molecule has 0 unspecified atom stereocenters. The van der Waals surface area contributed by atoms with Crippen LogP contribution in [0.2, 0.25) is 0 Å². The van der Waals surface area contributed by atoms with Crippen molar-refractivity contribution in [2.24, 2.45) is 0 Å². The fraction of sp³-hybridized carbons (Fsp3) is 0.0769. The number of nitrogens with zero attached hydrogens (tertiary/aromatic N) is 1. The van der Waals surface area contributed by atoms with Gasteiger partial charge in [-0.15, -0.1) is 0 Å². The molecule has 0 atom stereocenters. The summed E-state index contributed by atoms with van der Waals surface area (Å²) in [6.45, 7) is 1.87. The topological polar surface area (TPSA) is 78.9 Å². The lowest BCUT2D eigenvalue weighted by molar-refractivity contribution is 0.102. The van der Waals surface area contributed by atoms with E-state index in [-0.39, 0.29) is 5.91 Å². The number of amides is 1. The van der Waals surface area contributed by atoms with Gasteiger partial charge in [0.1, 0.15) is 6.07 Å². The average Bonchev–Trinajstić information content (AvgIpc) is 2.77. The summed E-state index contributed by atoms with van der Waals surface area (Å²) >= 11 is 1.47. The predicted molar refractivity (Wildman–Crippen MR) is 72.6 cm³/mol. The zero-order valence-corrected chi connectivity index (χ0v) is 10.5. The van der Waals surface area contributed by atoms with Gasteiger partial charge in [-0.3, -0.25) is 4.79 Å². The Morgan fingerprint density at radius 1 is 1.44 bits per heavy atom. The molecule has 1 heterocycles. The van der Waals surface area contributed by atoms with Gasteiger partial charge in [0.15, 0.2) is 0 Å². The zero-order valence-electron chi connectivity index (χ0n) is 9.73. The number of aryl methyl sites for hydroxylation is 1. The highest BCUT2D eigenvalue weighted by Crippen LogP contribution is 2.20. The highest BCUT2D eigenvalue weighted by atomic mass is 32.1. The maximum absolute atomic E-state index is 12.0. The Hall–Kier alpha value is -2.32. The molecule has 0 fully saturated rings. The number of nitrogens with two attached hydrogens (primary N) is 1. The molecule has 0 saturated carbocycles. The smallest absolute Gasteiger partial charge is 0.256 e. The summed E-state index contributed by atoms with van der Waals surface area (Å²) < 4.78 is 0. The first-order chi connectivity index (χ1) is 8.61. The summed E-state index contributed by atoms with van der Waals surface area (Å²) in [7, 11) is 0. The van der Waals surface area contributed by atoms with Crippen LogP contribution in [0.5, 0.6) is 0 Å². The summed E-state index contributed by atoms with van der Waals surface area (Å²) in [6.07, 6.45) is 0. The van der Waals surface area contributed by atoms with Gasteiger partial charge in [-0.2, -0.15) is 16.6 Å². The molecule has 0 radical (unpaired) electrons. The van der Waals surface area contributed by atoms with Crippen LogP contribution >= 0.6 is 11.3 Å². The van der Waals surface area contributed by atoms with E-state index in [0.29, 0.717) is 22.5 Å². The fourth-order valence-corrected chi connectivity index (χ4v) is 2.37. The maximum atomic E-state index is 12.0. The van der Waals surface area contributed by atoms with E-state index in [4.69, 9.17) is 11.0 Å². The molecule has 0 bridgehead atoms. The number of hydrogen-bond donors (Lipinski definition) is 2. The van der Waals surface area contributed by atoms with Crippen molar-refractivity contribution in [2.75, 3.05) is 11.1 Å². The second-order valence-corrected chi connectivity index (χ2v) is 4.58. The van der Waals surface area contributed by atoms with Gasteiger partial charge in [0, 0.05) is 11.1 Å². The summed E-state index contributed by atoms with van der Waals surface area (Å²) in [4.78, 5) is 12.0. The van der Waals surface area contributed by atoms with Crippen LogP contribution in [0.3, 0.4) is 0 Å². The van der Waals surface area contributed by atoms with E-state index in [2.05, 4.69) is 5.32 Å². The molecule has 3 N–H and O–H groups in total. The van der Waals surface area contributed by atoms with Crippen molar-refractivity contribution in [1.29, 1.82) is 5.26 Å². The largest absolute Gasteiger partial charge is 0.399 e. The number of anilines is 2. The number of benzene rings is 1. The monoisotopic (exact) mass is 257 g/mol. The number of rotatable bonds is 2. The van der Waals surface area contributed by atoms with Crippen molar-refractivity contribution in [3.63, 3.8) is 0 Å². The van der Waals surface area contributed by atoms with Crippen LogP contribution in [0, 0.1) is 18.3 Å². The van der Waals surface area contributed by atoms with E-state index in [9.17, 15) is 4.79 Å². The van der Waals surface area contributed by atoms with Crippen LogP contribution < -0.4 is 11.1 Å². The summed E-state index contributed by atoms with van der Waals surface area (Å²) in [5.74, 6) is -0.213. The molecular weight excluding hydrogens is 246 g/mol. The second kappa shape index (κ2) is 4.90. The van der Waals surface area contributed by atoms with E-state index in [0.717, 1.165) is 5.56 Å². The highest BCUT2D eigenvalue weighted by molar-refractivity contribution is 7.08. The quantitative estimate of drug-likeness (QED) is 0.812. The van der Waals surface area contributed by atoms with Crippen molar-refractivity contribution >= 4 is 28.6 Å². The number of carbonyl (C=O) groups is 1. The first-order valence-corrected chi connectivity index (χ1v) is 6.20. The van der Waals surface area contributed by atoms with Gasteiger partial charge < -0.3 is 11.1 Å². The van der Waals surface area contributed by atoms with Crippen LogP contribution in [-0.4, -0.2) is 5.91 Å². The Labute approximate surface area is 109 Å². The molecule has 0 aliphatic carbocycles. The molecule has 0 spiro atoms. The van der Waals surface area contributed by atoms with Crippen molar-refractivity contribution in [1.82, 2.24) is 0 Å². The van der Waals surface area contributed by atoms with Crippen LogP contribution in [0.15, 0.2) is 29.0 Å². The molecule has 1 amide bonds. The van der Waals surface area contributed by atoms with Crippen LogP contribution in [-0.2, 0) is 0 Å². The molecule has 90 valence electrons. The first kappa shape index (κ1) is 12.1. The van der Waals surface area contributed by atoms with Crippen LogP contribution in [0.4, 0.5) is 11.4 Å². The third kappa shape index (κ3) is 2.34. The number of thiophene rings is 1. The molecule has 2 rings (SSSR count). The number of nitrogens with one attached hydrogen (secondary N) is 1. The van der Waals surface area contributed by atoms with Gasteiger partial charge in [-0.25, -0.2) is 0 Å². The third-order valence-electron chi connectivity index (χ3n) is 2.51. The molecule has 0 aliphatic heterocycles. The molecule has 1 aromatic heterocycles.